The van der Waals surface area contributed by atoms with Crippen molar-refractivity contribution in [2.45, 2.75) is 26.8 Å². The molecule has 0 saturated carbocycles. The van der Waals surface area contributed by atoms with Crippen molar-refractivity contribution in [1.82, 2.24) is 4.57 Å². The van der Waals surface area contributed by atoms with E-state index in [2.05, 4.69) is 42.5 Å². The summed E-state index contributed by atoms with van der Waals surface area (Å²) in [5.41, 5.74) is 2.48. The first kappa shape index (κ1) is 11.8. The Labute approximate surface area is 103 Å². The summed E-state index contributed by atoms with van der Waals surface area (Å²) in [7, 11) is 0. The number of ether oxygens (including phenoxy) is 1. The van der Waals surface area contributed by atoms with Crippen LogP contribution in [0.5, 0.6) is 5.75 Å². The number of rotatable bonds is 5. The van der Waals surface area contributed by atoms with Gasteiger partial charge in [-0.25, -0.2) is 0 Å². The summed E-state index contributed by atoms with van der Waals surface area (Å²) < 4.78 is 7.76. The zero-order valence-electron chi connectivity index (χ0n) is 10.6. The van der Waals surface area contributed by atoms with E-state index in [1.165, 1.54) is 16.5 Å². The fourth-order valence-corrected chi connectivity index (χ4v) is 1.94. The molecule has 2 rings (SSSR count). The Bertz CT molecular complexity index is 525. The predicted molar refractivity (Wildman–Crippen MR) is 72.5 cm³/mol. The largest absolute Gasteiger partial charge is 0.494 e. The minimum absolute atomic E-state index is 0.710. The Kier molecular flexibility index (Phi) is 3.52. The van der Waals surface area contributed by atoms with Crippen molar-refractivity contribution in [2.75, 3.05) is 6.61 Å². The predicted octanol–water partition coefficient (Wildman–Crippen LogP) is 4.01. The summed E-state index contributed by atoms with van der Waals surface area (Å²) in [4.78, 5) is 0. The molecule has 0 aliphatic carbocycles. The van der Waals surface area contributed by atoms with Gasteiger partial charge in [-0.15, -0.1) is 6.58 Å². The normalized spacial score (nSPS) is 10.7. The van der Waals surface area contributed by atoms with Crippen LogP contribution in [0.4, 0.5) is 0 Å². The Balaban J connectivity index is 2.25. The molecule has 0 aliphatic heterocycles. The van der Waals surface area contributed by atoms with E-state index in [1.54, 1.807) is 0 Å². The maximum Gasteiger partial charge on any atom is 0.120 e. The van der Waals surface area contributed by atoms with Crippen LogP contribution in [0.1, 0.15) is 20.3 Å². The molecule has 0 atom stereocenters. The molecule has 17 heavy (non-hydrogen) atoms. The maximum absolute atomic E-state index is 5.50. The van der Waals surface area contributed by atoms with E-state index in [1.807, 2.05) is 13.0 Å². The first-order valence-corrected chi connectivity index (χ1v) is 6.07. The topological polar surface area (TPSA) is 14.2 Å². The molecular weight excluding hydrogens is 210 g/mol. The van der Waals surface area contributed by atoms with E-state index >= 15 is 0 Å². The van der Waals surface area contributed by atoms with Crippen LogP contribution in [-0.4, -0.2) is 11.2 Å². The molecule has 2 aromatic rings. The monoisotopic (exact) mass is 229 g/mol. The van der Waals surface area contributed by atoms with E-state index in [4.69, 9.17) is 4.74 Å². The molecule has 0 fully saturated rings. The zero-order chi connectivity index (χ0) is 12.3. The average molecular weight is 229 g/mol. The molecule has 1 aromatic heterocycles. The molecule has 1 heterocycles. The molecule has 0 bridgehead atoms. The van der Waals surface area contributed by atoms with Gasteiger partial charge >= 0.3 is 0 Å². The maximum atomic E-state index is 5.50. The van der Waals surface area contributed by atoms with Gasteiger partial charge in [0.15, 0.2) is 0 Å². The molecular formula is C15H19NO. The van der Waals surface area contributed by atoms with Crippen molar-refractivity contribution in [1.29, 1.82) is 0 Å². The third-order valence-electron chi connectivity index (χ3n) is 2.83. The number of allylic oxidation sites excluding steroid dienone is 1. The number of hydrogen-bond acceptors (Lipinski definition) is 1. The van der Waals surface area contributed by atoms with Gasteiger partial charge in [-0.2, -0.15) is 0 Å². The van der Waals surface area contributed by atoms with Crippen molar-refractivity contribution in [3.63, 3.8) is 0 Å². The third-order valence-corrected chi connectivity index (χ3v) is 2.83. The van der Waals surface area contributed by atoms with Crippen molar-refractivity contribution < 1.29 is 4.74 Å². The van der Waals surface area contributed by atoms with Gasteiger partial charge in [0, 0.05) is 23.6 Å². The number of hydrogen-bond donors (Lipinski definition) is 0. The Morgan fingerprint density at radius 3 is 2.88 bits per heavy atom. The lowest BCUT2D eigenvalue weighted by Crippen LogP contribution is -1.96. The van der Waals surface area contributed by atoms with Gasteiger partial charge < -0.3 is 9.30 Å². The van der Waals surface area contributed by atoms with Crippen molar-refractivity contribution in [3.8, 4) is 5.75 Å². The molecule has 0 radical (unpaired) electrons. The molecule has 0 unspecified atom stereocenters. The number of nitrogens with zero attached hydrogens (tertiary/aromatic N) is 1. The highest BCUT2D eigenvalue weighted by Crippen LogP contribution is 2.22. The van der Waals surface area contributed by atoms with E-state index < -0.39 is 0 Å². The van der Waals surface area contributed by atoms with E-state index in [0.717, 1.165) is 18.7 Å². The lowest BCUT2D eigenvalue weighted by molar-refractivity contribution is 0.340. The highest BCUT2D eigenvalue weighted by atomic mass is 16.5. The second-order valence-corrected chi connectivity index (χ2v) is 4.37. The Morgan fingerprint density at radius 2 is 2.18 bits per heavy atom. The highest BCUT2D eigenvalue weighted by Gasteiger charge is 2.02. The molecule has 0 amide bonds. The molecule has 2 nitrogen and oxygen atoms in total. The van der Waals surface area contributed by atoms with Gasteiger partial charge in [0.2, 0.25) is 0 Å². The average Bonchev–Trinajstić information content (AvgIpc) is 2.69. The van der Waals surface area contributed by atoms with Gasteiger partial charge in [0.25, 0.3) is 0 Å². The highest BCUT2D eigenvalue weighted by molar-refractivity contribution is 5.81. The Hall–Kier alpha value is -1.70. The number of aryl methyl sites for hydroxylation is 1. The summed E-state index contributed by atoms with van der Waals surface area (Å²) in [6, 6.07) is 8.38. The first-order chi connectivity index (χ1) is 8.20. The van der Waals surface area contributed by atoms with Crippen molar-refractivity contribution in [3.05, 3.63) is 42.6 Å². The second-order valence-electron chi connectivity index (χ2n) is 4.37. The molecule has 1 aromatic carbocycles. The van der Waals surface area contributed by atoms with Crippen molar-refractivity contribution in [2.24, 2.45) is 0 Å². The van der Waals surface area contributed by atoms with Crippen molar-refractivity contribution >= 4 is 10.9 Å². The first-order valence-electron chi connectivity index (χ1n) is 6.07. The third kappa shape index (κ3) is 2.70. The number of aromatic nitrogens is 1. The molecule has 0 spiro atoms. The minimum atomic E-state index is 0.710. The van der Waals surface area contributed by atoms with Crippen LogP contribution >= 0.6 is 0 Å². The van der Waals surface area contributed by atoms with Gasteiger partial charge in [0.1, 0.15) is 5.75 Å². The van der Waals surface area contributed by atoms with Crippen LogP contribution < -0.4 is 4.74 Å². The smallest absolute Gasteiger partial charge is 0.120 e. The van der Waals surface area contributed by atoms with Crippen LogP contribution in [0, 0.1) is 0 Å². The van der Waals surface area contributed by atoms with E-state index in [9.17, 15) is 0 Å². The number of fused-ring (bicyclic) bond motifs is 1. The van der Waals surface area contributed by atoms with Gasteiger partial charge in [-0.05, 0) is 44.5 Å². The lowest BCUT2D eigenvalue weighted by atomic mass is 10.2. The molecule has 2 heteroatoms. The summed E-state index contributed by atoms with van der Waals surface area (Å²) in [6.45, 7) is 9.71. The van der Waals surface area contributed by atoms with Gasteiger partial charge in [-0.1, -0.05) is 5.57 Å². The molecule has 0 saturated heterocycles. The quantitative estimate of drug-likeness (QED) is 0.707. The summed E-state index contributed by atoms with van der Waals surface area (Å²) in [5.74, 6) is 0.942. The van der Waals surface area contributed by atoms with E-state index in [-0.39, 0.29) is 0 Å². The van der Waals surface area contributed by atoms with Crippen LogP contribution in [0.15, 0.2) is 42.6 Å². The van der Waals surface area contributed by atoms with Gasteiger partial charge in [-0.3, -0.25) is 0 Å². The standard InChI is InChI=1S/C15H19NO/c1-4-17-14-5-6-15-13(11-14)8-10-16(15)9-7-12(2)3/h5-6,8,10-11H,2,4,7,9H2,1,3H3. The van der Waals surface area contributed by atoms with Crippen LogP contribution in [0.2, 0.25) is 0 Å². The minimum Gasteiger partial charge on any atom is -0.494 e. The second kappa shape index (κ2) is 5.09. The molecule has 0 N–H and O–H groups in total. The van der Waals surface area contributed by atoms with Crippen LogP contribution in [0.25, 0.3) is 10.9 Å². The van der Waals surface area contributed by atoms with Crippen LogP contribution in [-0.2, 0) is 6.54 Å². The number of benzene rings is 1. The summed E-state index contributed by atoms with van der Waals surface area (Å²) in [6.07, 6.45) is 3.15. The van der Waals surface area contributed by atoms with E-state index in [0.29, 0.717) is 6.61 Å². The molecule has 90 valence electrons. The Morgan fingerprint density at radius 1 is 1.35 bits per heavy atom. The SMILES string of the molecule is C=C(C)CCn1ccc2cc(OCC)ccc21. The zero-order valence-corrected chi connectivity index (χ0v) is 10.6. The summed E-state index contributed by atoms with van der Waals surface area (Å²) in [5, 5.41) is 1.23. The molecule has 0 aliphatic rings. The fourth-order valence-electron chi connectivity index (χ4n) is 1.94. The summed E-state index contributed by atoms with van der Waals surface area (Å²) >= 11 is 0. The lowest BCUT2D eigenvalue weighted by Gasteiger charge is -2.06. The fraction of sp³-hybridized carbons (Fsp3) is 0.333. The van der Waals surface area contributed by atoms with Gasteiger partial charge in [0.05, 0.1) is 6.61 Å². The van der Waals surface area contributed by atoms with Crippen LogP contribution in [0.3, 0.4) is 0 Å².